The van der Waals surface area contributed by atoms with Crippen molar-refractivity contribution in [2.45, 2.75) is 11.3 Å². The van der Waals surface area contributed by atoms with Crippen LogP contribution in [0.3, 0.4) is 0 Å². The fourth-order valence-corrected chi connectivity index (χ4v) is 4.69. The first kappa shape index (κ1) is 23.6. The largest absolute Gasteiger partial charge is 0.453 e. The molecule has 1 aliphatic heterocycles. The summed E-state index contributed by atoms with van der Waals surface area (Å²) in [7, 11) is 0. The Kier molecular flexibility index (Phi) is 6.68. The van der Waals surface area contributed by atoms with Crippen molar-refractivity contribution in [2.24, 2.45) is 0 Å². The number of carbonyl (C=O) groups is 1. The van der Waals surface area contributed by atoms with Crippen LogP contribution in [0, 0.1) is 11.6 Å². The van der Waals surface area contributed by atoms with E-state index >= 15 is 0 Å². The second-order valence-electron chi connectivity index (χ2n) is 7.89. The second kappa shape index (κ2) is 10.2. The lowest BCUT2D eigenvalue weighted by Gasteiger charge is -2.14. The highest BCUT2D eigenvalue weighted by Crippen LogP contribution is 2.39. The van der Waals surface area contributed by atoms with Crippen LogP contribution < -0.4 is 20.9 Å². The Morgan fingerprint density at radius 2 is 1.92 bits per heavy atom. The number of ether oxygens (including phenoxy) is 1. The van der Waals surface area contributed by atoms with Crippen molar-refractivity contribution < 1.29 is 18.3 Å². The van der Waals surface area contributed by atoms with Gasteiger partial charge in [-0.15, -0.1) is 11.8 Å². The zero-order valence-electron chi connectivity index (χ0n) is 18.8. The molecule has 0 aliphatic carbocycles. The van der Waals surface area contributed by atoms with Gasteiger partial charge in [-0.25, -0.2) is 13.8 Å². The molecule has 0 spiro atoms. The van der Waals surface area contributed by atoms with Crippen LogP contribution in [0.5, 0.6) is 11.5 Å². The molecule has 1 aliphatic rings. The molecule has 7 nitrogen and oxygen atoms in total. The molecule has 0 saturated heterocycles. The van der Waals surface area contributed by atoms with E-state index in [1.165, 1.54) is 59.3 Å². The number of halogens is 2. The number of pyridine rings is 2. The predicted octanol–water partition coefficient (Wildman–Crippen LogP) is 5.46. The number of benzene rings is 2. The van der Waals surface area contributed by atoms with E-state index < -0.39 is 23.1 Å². The first-order chi connectivity index (χ1) is 17.5. The normalized spacial score (nSPS) is 12.7. The Balaban J connectivity index is 1.35. The van der Waals surface area contributed by atoms with Crippen molar-refractivity contribution in [3.8, 4) is 17.2 Å². The van der Waals surface area contributed by atoms with Gasteiger partial charge in [0.2, 0.25) is 0 Å². The summed E-state index contributed by atoms with van der Waals surface area (Å²) in [5.41, 5.74) is -0.171. The molecule has 5 rings (SSSR count). The molecule has 0 atom stereocenters. The number of nitrogens with one attached hydrogen (secondary N) is 2. The lowest BCUT2D eigenvalue weighted by Crippen LogP contribution is -2.27. The fraction of sp³-hybridized carbons (Fsp3) is 0.115. The smallest absolute Gasteiger partial charge is 0.267 e. The summed E-state index contributed by atoms with van der Waals surface area (Å²) < 4.78 is 35.2. The Bertz CT molecular complexity index is 1490. The highest BCUT2D eigenvalue weighted by atomic mass is 32.2. The number of aromatic nitrogens is 2. The maximum atomic E-state index is 14.9. The average Bonchev–Trinajstić information content (AvgIpc) is 3.13. The lowest BCUT2D eigenvalue weighted by molar-refractivity contribution is 0.102. The third kappa shape index (κ3) is 4.94. The van der Waals surface area contributed by atoms with Crippen molar-refractivity contribution in [1.82, 2.24) is 9.55 Å². The van der Waals surface area contributed by atoms with Gasteiger partial charge >= 0.3 is 0 Å². The molecule has 3 heterocycles. The molecule has 0 fully saturated rings. The standard InChI is InChI=1S/C26H20F2N4O3S/c27-16-4-7-18(8-5-16)32-13-1-3-19(26(32)34)25(33)31-17-6-9-21(20(28)15-17)35-22-10-12-30-24-23(22)36-14-2-11-29-24/h1,3-10,12-13,15H,2,11,14H2,(H,29,30)(H,31,33). The molecular formula is C26H20F2N4O3S. The van der Waals surface area contributed by atoms with Crippen molar-refractivity contribution in [2.75, 3.05) is 22.9 Å². The van der Waals surface area contributed by atoms with Gasteiger partial charge in [0.05, 0.1) is 4.90 Å². The predicted molar refractivity (Wildman–Crippen MR) is 134 cm³/mol. The maximum absolute atomic E-state index is 14.9. The number of thioether (sulfide) groups is 1. The average molecular weight is 507 g/mol. The highest BCUT2D eigenvalue weighted by molar-refractivity contribution is 7.99. The molecule has 2 aromatic carbocycles. The summed E-state index contributed by atoms with van der Waals surface area (Å²) in [5, 5.41) is 5.78. The zero-order valence-corrected chi connectivity index (χ0v) is 19.6. The number of hydrogen-bond donors (Lipinski definition) is 2. The minimum atomic E-state index is -0.702. The number of rotatable bonds is 5. The molecule has 4 aromatic rings. The Labute approximate surface area is 209 Å². The van der Waals surface area contributed by atoms with Gasteiger partial charge in [0.25, 0.3) is 11.5 Å². The molecule has 2 aromatic heterocycles. The van der Waals surface area contributed by atoms with E-state index in [1.54, 1.807) is 24.0 Å². The summed E-state index contributed by atoms with van der Waals surface area (Å²) in [6.07, 6.45) is 4.05. The summed E-state index contributed by atoms with van der Waals surface area (Å²) in [5.74, 6) is 0.245. The Hall–Kier alpha value is -4.18. The van der Waals surface area contributed by atoms with Crippen molar-refractivity contribution in [1.29, 1.82) is 0 Å². The molecule has 1 amide bonds. The number of carbonyl (C=O) groups excluding carboxylic acids is 1. The van der Waals surface area contributed by atoms with Crippen molar-refractivity contribution >= 4 is 29.2 Å². The molecule has 182 valence electrons. The number of hydrogen-bond acceptors (Lipinski definition) is 6. The van der Waals surface area contributed by atoms with E-state index in [0.717, 1.165) is 29.7 Å². The molecule has 0 radical (unpaired) electrons. The minimum Gasteiger partial charge on any atom is -0.453 e. The Morgan fingerprint density at radius 3 is 2.72 bits per heavy atom. The molecule has 0 saturated carbocycles. The third-order valence-corrected chi connectivity index (χ3v) is 6.61. The number of nitrogens with zero attached hydrogens (tertiary/aromatic N) is 2. The third-order valence-electron chi connectivity index (χ3n) is 5.43. The van der Waals surface area contributed by atoms with E-state index in [-0.39, 0.29) is 17.0 Å². The van der Waals surface area contributed by atoms with Gasteiger partial charge in [0.1, 0.15) is 22.9 Å². The van der Waals surface area contributed by atoms with Crippen LogP contribution in [0.25, 0.3) is 5.69 Å². The van der Waals surface area contributed by atoms with Crippen LogP contribution >= 0.6 is 11.8 Å². The molecule has 10 heteroatoms. The first-order valence-electron chi connectivity index (χ1n) is 11.1. The van der Waals surface area contributed by atoms with Gasteiger partial charge in [0, 0.05) is 42.4 Å². The first-order valence-corrected chi connectivity index (χ1v) is 12.1. The quantitative estimate of drug-likeness (QED) is 0.374. The lowest BCUT2D eigenvalue weighted by atomic mass is 10.2. The SMILES string of the molecule is O=C(Nc1ccc(Oc2ccnc3c2SCCCN3)c(F)c1)c1cccn(-c2ccc(F)cc2)c1=O. The molecule has 2 N–H and O–H groups in total. The van der Waals surface area contributed by atoms with Gasteiger partial charge in [-0.1, -0.05) is 0 Å². The number of amides is 1. The molecule has 0 bridgehead atoms. The van der Waals surface area contributed by atoms with E-state index in [4.69, 9.17) is 4.74 Å². The monoisotopic (exact) mass is 506 g/mol. The molecule has 36 heavy (non-hydrogen) atoms. The van der Waals surface area contributed by atoms with Crippen molar-refractivity contribution in [3.63, 3.8) is 0 Å². The van der Waals surface area contributed by atoms with Crippen LogP contribution in [0.1, 0.15) is 16.8 Å². The minimum absolute atomic E-state index is 0.00961. The number of anilines is 2. The highest BCUT2D eigenvalue weighted by Gasteiger charge is 2.18. The Morgan fingerprint density at radius 1 is 1.08 bits per heavy atom. The zero-order chi connectivity index (χ0) is 25.1. The van der Waals surface area contributed by atoms with Crippen LogP contribution in [0.2, 0.25) is 0 Å². The van der Waals surface area contributed by atoms with Crippen LogP contribution in [-0.2, 0) is 0 Å². The summed E-state index contributed by atoms with van der Waals surface area (Å²) in [6, 6.07) is 13.9. The van der Waals surface area contributed by atoms with E-state index in [2.05, 4.69) is 15.6 Å². The summed E-state index contributed by atoms with van der Waals surface area (Å²) in [6.45, 7) is 0.801. The molecular weight excluding hydrogens is 486 g/mol. The van der Waals surface area contributed by atoms with Gasteiger partial charge in [0.15, 0.2) is 11.6 Å². The maximum Gasteiger partial charge on any atom is 0.267 e. The topological polar surface area (TPSA) is 85.2 Å². The van der Waals surface area contributed by atoms with Gasteiger partial charge in [-0.2, -0.15) is 0 Å². The van der Waals surface area contributed by atoms with Gasteiger partial charge < -0.3 is 15.4 Å². The second-order valence-corrected chi connectivity index (χ2v) is 9.00. The fourth-order valence-electron chi connectivity index (χ4n) is 3.68. The van der Waals surface area contributed by atoms with E-state index in [0.29, 0.717) is 17.3 Å². The summed E-state index contributed by atoms with van der Waals surface area (Å²) >= 11 is 1.59. The van der Waals surface area contributed by atoms with Crippen LogP contribution in [-0.4, -0.2) is 27.8 Å². The van der Waals surface area contributed by atoms with Gasteiger partial charge in [-0.3, -0.25) is 14.2 Å². The summed E-state index contributed by atoms with van der Waals surface area (Å²) in [4.78, 5) is 30.8. The van der Waals surface area contributed by atoms with E-state index in [9.17, 15) is 18.4 Å². The number of fused-ring (bicyclic) bond motifs is 1. The van der Waals surface area contributed by atoms with Crippen molar-refractivity contribution in [3.05, 3.63) is 101 Å². The van der Waals surface area contributed by atoms with Crippen LogP contribution in [0.4, 0.5) is 20.3 Å². The molecule has 0 unspecified atom stereocenters. The van der Waals surface area contributed by atoms with E-state index in [1.807, 2.05) is 0 Å². The van der Waals surface area contributed by atoms with Gasteiger partial charge in [-0.05, 0) is 60.7 Å². The van der Waals surface area contributed by atoms with Crippen LogP contribution in [0.15, 0.2) is 82.7 Å².